The summed E-state index contributed by atoms with van der Waals surface area (Å²) >= 11 is 1.52. The highest BCUT2D eigenvalue weighted by molar-refractivity contribution is 7.12. The fourth-order valence-corrected chi connectivity index (χ4v) is 2.12. The molecule has 2 rings (SSSR count). The standard InChI is InChI=1S/C9H12O3S/c1-3-6-4-11-7-5-13-9(12-6)8(7)10-2/h5-6H,3-4H2,1-2H3. The molecule has 0 aliphatic carbocycles. The van der Waals surface area contributed by atoms with E-state index in [2.05, 4.69) is 6.92 Å². The Balaban J connectivity index is 2.28. The number of rotatable bonds is 2. The predicted octanol–water partition coefficient (Wildman–Crippen LogP) is 2.31. The molecule has 1 aliphatic rings. The number of hydrogen-bond donors (Lipinski definition) is 0. The van der Waals surface area contributed by atoms with Gasteiger partial charge in [-0.05, 0) is 6.42 Å². The molecule has 0 aromatic carbocycles. The van der Waals surface area contributed by atoms with Crippen molar-refractivity contribution in [2.45, 2.75) is 19.4 Å². The summed E-state index contributed by atoms with van der Waals surface area (Å²) in [5.41, 5.74) is 0. The summed E-state index contributed by atoms with van der Waals surface area (Å²) in [5, 5.41) is 2.75. The molecule has 72 valence electrons. The van der Waals surface area contributed by atoms with Gasteiger partial charge in [-0.25, -0.2) is 0 Å². The molecule has 3 nitrogen and oxygen atoms in total. The fraction of sp³-hybridized carbons (Fsp3) is 0.556. The predicted molar refractivity (Wildman–Crippen MR) is 51.1 cm³/mol. The van der Waals surface area contributed by atoms with Crippen LogP contribution in [-0.2, 0) is 0 Å². The molecular formula is C9H12O3S. The zero-order chi connectivity index (χ0) is 9.26. The van der Waals surface area contributed by atoms with E-state index in [9.17, 15) is 0 Å². The molecule has 1 aromatic heterocycles. The van der Waals surface area contributed by atoms with Crippen molar-refractivity contribution < 1.29 is 14.2 Å². The van der Waals surface area contributed by atoms with E-state index in [1.807, 2.05) is 5.38 Å². The first-order valence-corrected chi connectivity index (χ1v) is 5.18. The topological polar surface area (TPSA) is 27.7 Å². The lowest BCUT2D eigenvalue weighted by molar-refractivity contribution is 0.138. The third-order valence-electron chi connectivity index (χ3n) is 2.04. The monoisotopic (exact) mass is 200 g/mol. The molecule has 0 fully saturated rings. The van der Waals surface area contributed by atoms with Gasteiger partial charge in [-0.1, -0.05) is 18.3 Å². The average molecular weight is 200 g/mol. The molecule has 0 saturated carbocycles. The number of thiophene rings is 1. The molecule has 0 N–H and O–H groups in total. The number of fused-ring (bicyclic) bond motifs is 2. The van der Waals surface area contributed by atoms with Crippen LogP contribution in [0.25, 0.3) is 0 Å². The summed E-state index contributed by atoms with van der Waals surface area (Å²) in [6, 6.07) is 0. The van der Waals surface area contributed by atoms with Crippen LogP contribution in [0.15, 0.2) is 5.38 Å². The molecule has 4 heteroatoms. The molecule has 1 aromatic rings. The van der Waals surface area contributed by atoms with Gasteiger partial charge in [-0.2, -0.15) is 0 Å². The van der Waals surface area contributed by atoms with Crippen LogP contribution in [0.5, 0.6) is 16.6 Å². The van der Waals surface area contributed by atoms with E-state index in [0.29, 0.717) is 6.61 Å². The quantitative estimate of drug-likeness (QED) is 0.733. The van der Waals surface area contributed by atoms with Crippen LogP contribution >= 0.6 is 11.3 Å². The van der Waals surface area contributed by atoms with Gasteiger partial charge in [-0.15, -0.1) is 0 Å². The fourth-order valence-electron chi connectivity index (χ4n) is 1.25. The first-order chi connectivity index (χ1) is 6.35. The molecule has 2 bridgehead atoms. The van der Waals surface area contributed by atoms with Crippen molar-refractivity contribution in [2.24, 2.45) is 0 Å². The molecule has 13 heavy (non-hydrogen) atoms. The van der Waals surface area contributed by atoms with Crippen LogP contribution in [-0.4, -0.2) is 19.8 Å². The van der Waals surface area contributed by atoms with Crippen molar-refractivity contribution in [3.05, 3.63) is 5.38 Å². The van der Waals surface area contributed by atoms with E-state index >= 15 is 0 Å². The SMILES string of the molecule is CCC1COc2csc(c2OC)O1. The second-order valence-corrected chi connectivity index (χ2v) is 3.72. The van der Waals surface area contributed by atoms with Crippen molar-refractivity contribution in [1.82, 2.24) is 0 Å². The Morgan fingerprint density at radius 2 is 2.54 bits per heavy atom. The van der Waals surface area contributed by atoms with Gasteiger partial charge >= 0.3 is 0 Å². The highest BCUT2D eigenvalue weighted by Gasteiger charge is 2.23. The van der Waals surface area contributed by atoms with Crippen molar-refractivity contribution in [1.29, 1.82) is 0 Å². The van der Waals surface area contributed by atoms with E-state index in [-0.39, 0.29) is 6.10 Å². The third-order valence-corrected chi connectivity index (χ3v) is 2.87. The third kappa shape index (κ3) is 1.46. The summed E-state index contributed by atoms with van der Waals surface area (Å²) in [6.45, 7) is 2.69. The number of ether oxygens (including phenoxy) is 3. The summed E-state index contributed by atoms with van der Waals surface area (Å²) in [5.74, 6) is 1.54. The van der Waals surface area contributed by atoms with Gasteiger partial charge in [0, 0.05) is 5.38 Å². The van der Waals surface area contributed by atoms with E-state index in [1.165, 1.54) is 11.3 Å². The molecule has 0 spiro atoms. The van der Waals surface area contributed by atoms with Gasteiger partial charge in [0.1, 0.15) is 12.7 Å². The molecule has 0 amide bonds. The van der Waals surface area contributed by atoms with Crippen molar-refractivity contribution in [3.63, 3.8) is 0 Å². The van der Waals surface area contributed by atoms with Crippen molar-refractivity contribution in [2.75, 3.05) is 13.7 Å². The highest BCUT2D eigenvalue weighted by atomic mass is 32.1. The van der Waals surface area contributed by atoms with Crippen molar-refractivity contribution in [3.8, 4) is 16.6 Å². The Kier molecular flexibility index (Phi) is 2.31. The van der Waals surface area contributed by atoms with E-state index in [0.717, 1.165) is 23.0 Å². The first kappa shape index (κ1) is 8.69. The second kappa shape index (κ2) is 3.46. The Hall–Kier alpha value is -0.900. The second-order valence-electron chi connectivity index (χ2n) is 2.88. The molecular weight excluding hydrogens is 188 g/mol. The number of hydrogen-bond acceptors (Lipinski definition) is 4. The Morgan fingerprint density at radius 1 is 1.69 bits per heavy atom. The zero-order valence-electron chi connectivity index (χ0n) is 7.70. The largest absolute Gasteiger partial charge is 0.489 e. The Morgan fingerprint density at radius 3 is 3.23 bits per heavy atom. The van der Waals surface area contributed by atoms with Gasteiger partial charge in [-0.3, -0.25) is 0 Å². The van der Waals surface area contributed by atoms with Gasteiger partial charge in [0.2, 0.25) is 10.8 Å². The van der Waals surface area contributed by atoms with Crippen LogP contribution in [0.3, 0.4) is 0 Å². The molecule has 1 unspecified atom stereocenters. The van der Waals surface area contributed by atoms with Crippen LogP contribution in [0, 0.1) is 0 Å². The lowest BCUT2D eigenvalue weighted by atomic mass is 10.3. The lowest BCUT2D eigenvalue weighted by Crippen LogP contribution is -2.22. The van der Waals surface area contributed by atoms with Crippen LogP contribution in [0.1, 0.15) is 13.3 Å². The Bertz CT molecular complexity index is 295. The highest BCUT2D eigenvalue weighted by Crippen LogP contribution is 2.45. The summed E-state index contributed by atoms with van der Waals surface area (Å²) in [4.78, 5) is 0. The van der Waals surface area contributed by atoms with Crippen LogP contribution in [0.4, 0.5) is 0 Å². The molecule has 1 aliphatic heterocycles. The maximum absolute atomic E-state index is 5.70. The van der Waals surface area contributed by atoms with E-state index in [1.54, 1.807) is 7.11 Å². The Labute approximate surface area is 81.2 Å². The van der Waals surface area contributed by atoms with Gasteiger partial charge in [0.25, 0.3) is 0 Å². The smallest absolute Gasteiger partial charge is 0.221 e. The van der Waals surface area contributed by atoms with Gasteiger partial charge in [0.15, 0.2) is 5.75 Å². The van der Waals surface area contributed by atoms with Gasteiger partial charge < -0.3 is 14.2 Å². The molecule has 0 saturated heterocycles. The zero-order valence-corrected chi connectivity index (χ0v) is 8.52. The van der Waals surface area contributed by atoms with Gasteiger partial charge in [0.05, 0.1) is 7.11 Å². The summed E-state index contributed by atoms with van der Waals surface area (Å²) < 4.78 is 16.4. The normalized spacial score (nSPS) is 20.0. The maximum atomic E-state index is 5.70. The molecule has 2 heterocycles. The molecule has 0 radical (unpaired) electrons. The van der Waals surface area contributed by atoms with Crippen LogP contribution in [0.2, 0.25) is 0 Å². The molecule has 1 atom stereocenters. The average Bonchev–Trinajstić information content (AvgIpc) is 2.41. The van der Waals surface area contributed by atoms with E-state index < -0.39 is 0 Å². The maximum Gasteiger partial charge on any atom is 0.221 e. The minimum absolute atomic E-state index is 0.152. The summed E-state index contributed by atoms with van der Waals surface area (Å²) in [7, 11) is 1.63. The van der Waals surface area contributed by atoms with E-state index in [4.69, 9.17) is 14.2 Å². The minimum atomic E-state index is 0.152. The summed E-state index contributed by atoms with van der Waals surface area (Å²) in [6.07, 6.45) is 1.10. The lowest BCUT2D eigenvalue weighted by Gasteiger charge is -2.13. The number of methoxy groups -OCH3 is 1. The van der Waals surface area contributed by atoms with Crippen LogP contribution < -0.4 is 14.2 Å². The minimum Gasteiger partial charge on any atom is -0.489 e. The first-order valence-electron chi connectivity index (χ1n) is 4.30. The van der Waals surface area contributed by atoms with Crippen molar-refractivity contribution >= 4 is 11.3 Å².